The Kier molecular flexibility index (Phi) is 68.1. The average molecular weight is 1380 g/mol. The van der Waals surface area contributed by atoms with Gasteiger partial charge in [0.15, 0.2) is 12.2 Å². The first-order valence-electron chi connectivity index (χ1n) is 39.3. The molecular formula is C75H146O17P2. The first-order chi connectivity index (χ1) is 45.7. The quantitative estimate of drug-likeness (QED) is 0.0222. The van der Waals surface area contributed by atoms with E-state index in [0.29, 0.717) is 25.7 Å². The van der Waals surface area contributed by atoms with Crippen LogP contribution in [0.2, 0.25) is 0 Å². The van der Waals surface area contributed by atoms with E-state index in [9.17, 15) is 43.2 Å². The van der Waals surface area contributed by atoms with Crippen LogP contribution in [0.1, 0.15) is 400 Å². The maximum Gasteiger partial charge on any atom is 0.472 e. The van der Waals surface area contributed by atoms with Crippen molar-refractivity contribution in [2.75, 3.05) is 39.6 Å². The number of carbonyl (C=O) groups is 4. The minimum absolute atomic E-state index is 0.107. The zero-order chi connectivity index (χ0) is 69.0. The number of rotatable bonds is 76. The van der Waals surface area contributed by atoms with Crippen molar-refractivity contribution in [3.63, 3.8) is 0 Å². The van der Waals surface area contributed by atoms with Gasteiger partial charge in [-0.3, -0.25) is 37.3 Å². The predicted molar refractivity (Wildman–Crippen MR) is 382 cm³/mol. The van der Waals surface area contributed by atoms with Crippen LogP contribution in [0.4, 0.5) is 0 Å². The lowest BCUT2D eigenvalue weighted by atomic mass is 10.0. The minimum Gasteiger partial charge on any atom is -0.462 e. The van der Waals surface area contributed by atoms with Crippen LogP contribution in [0.5, 0.6) is 0 Å². The molecule has 0 aromatic rings. The summed E-state index contributed by atoms with van der Waals surface area (Å²) in [5.74, 6) is -2.13. The number of ether oxygens (including phenoxy) is 4. The summed E-state index contributed by atoms with van der Waals surface area (Å²) < 4.78 is 68.2. The second-order valence-electron chi connectivity index (χ2n) is 27.0. The normalized spacial score (nSPS) is 13.9. The number of phosphoric ester groups is 2. The highest BCUT2D eigenvalue weighted by atomic mass is 31.2. The summed E-state index contributed by atoms with van der Waals surface area (Å²) in [7, 11) is -9.89. The van der Waals surface area contributed by atoms with Gasteiger partial charge in [0.1, 0.15) is 19.3 Å². The highest BCUT2D eigenvalue weighted by Crippen LogP contribution is 2.45. The van der Waals surface area contributed by atoms with Gasteiger partial charge in [-0.25, -0.2) is 9.13 Å². The molecule has 0 saturated carbocycles. The number of esters is 4. The Hall–Kier alpha value is -1.94. The Morgan fingerprint density at radius 2 is 0.426 bits per heavy atom. The number of carbonyl (C=O) groups excluding carboxylic acids is 4. The standard InChI is InChI=1S/C75H146O17P2/c1-5-9-13-17-20-23-26-28-30-32-33-34-35-36-37-39-41-44-47-50-54-58-62-75(80)92-71(66-86-73(78)60-56-52-48-45-43-40-38-31-29-27-24-21-18-14-10-6-2)68-90-94(83,84)88-64-69(76)63-87-93(81,82)89-67-70(65-85-72(77)59-55-51-16-12-8-4)91-74(79)61-57-53-49-46-42-25-22-19-15-11-7-3/h69-71,76H,5-68H2,1-4H3,(H,81,82)(H,83,84)/t69-,70+,71+/m0/s1. The number of aliphatic hydroxyl groups is 1. The monoisotopic (exact) mass is 1380 g/mol. The summed E-state index contributed by atoms with van der Waals surface area (Å²) >= 11 is 0. The van der Waals surface area contributed by atoms with Gasteiger partial charge >= 0.3 is 39.5 Å². The van der Waals surface area contributed by atoms with Crippen LogP contribution in [0.15, 0.2) is 0 Å². The first-order valence-corrected chi connectivity index (χ1v) is 42.3. The highest BCUT2D eigenvalue weighted by Gasteiger charge is 2.30. The maximum absolute atomic E-state index is 13.1. The molecular weight excluding hydrogens is 1230 g/mol. The van der Waals surface area contributed by atoms with Crippen LogP contribution in [-0.2, 0) is 65.4 Å². The van der Waals surface area contributed by atoms with Crippen molar-refractivity contribution < 1.29 is 80.2 Å². The summed E-state index contributed by atoms with van der Waals surface area (Å²) in [6, 6.07) is 0. The third-order valence-corrected chi connectivity index (χ3v) is 19.5. The van der Waals surface area contributed by atoms with Crippen molar-refractivity contribution in [2.45, 2.75) is 418 Å². The predicted octanol–water partition coefficient (Wildman–Crippen LogP) is 22.2. The van der Waals surface area contributed by atoms with Crippen LogP contribution in [0.3, 0.4) is 0 Å². The molecule has 0 bridgehead atoms. The SMILES string of the molecule is CCCCCCCCCCCCCCCCCCCCCCCCC(=O)O[C@H](COC(=O)CCCCCCCCCCCCCCCCCC)COP(=O)(O)OC[C@@H](O)COP(=O)(O)OC[C@@H](COC(=O)CCCCCCC)OC(=O)CCCCCCCCCCCCC. The molecule has 0 spiro atoms. The summed E-state index contributed by atoms with van der Waals surface area (Å²) in [6.07, 6.45) is 60.2. The number of unbranched alkanes of at least 4 members (excludes halogenated alkanes) is 50. The zero-order valence-corrected chi connectivity index (χ0v) is 62.7. The van der Waals surface area contributed by atoms with Crippen molar-refractivity contribution in [2.24, 2.45) is 0 Å². The molecule has 0 radical (unpaired) electrons. The Morgan fingerprint density at radius 1 is 0.255 bits per heavy atom. The molecule has 0 heterocycles. The second kappa shape index (κ2) is 69.5. The summed E-state index contributed by atoms with van der Waals surface area (Å²) in [5, 5.41) is 10.6. The first kappa shape index (κ1) is 92.1. The van der Waals surface area contributed by atoms with E-state index in [0.717, 1.165) is 96.3 Å². The number of hydrogen-bond donors (Lipinski definition) is 3. The molecule has 0 fully saturated rings. The molecule has 17 nitrogen and oxygen atoms in total. The van der Waals surface area contributed by atoms with Crippen molar-refractivity contribution in [1.82, 2.24) is 0 Å². The smallest absolute Gasteiger partial charge is 0.462 e. The molecule has 0 rings (SSSR count). The summed E-state index contributed by atoms with van der Waals surface area (Å²) in [5.41, 5.74) is 0. The van der Waals surface area contributed by atoms with E-state index in [4.69, 9.17) is 37.0 Å². The Morgan fingerprint density at radius 3 is 0.628 bits per heavy atom. The maximum atomic E-state index is 13.1. The van der Waals surface area contributed by atoms with Crippen molar-refractivity contribution >= 4 is 39.5 Å². The number of phosphoric acid groups is 2. The van der Waals surface area contributed by atoms with E-state index < -0.39 is 97.5 Å². The van der Waals surface area contributed by atoms with Gasteiger partial charge in [0, 0.05) is 25.7 Å². The Labute approximate surface area is 575 Å². The number of hydrogen-bond acceptors (Lipinski definition) is 15. The molecule has 0 aromatic heterocycles. The molecule has 0 saturated heterocycles. The highest BCUT2D eigenvalue weighted by molar-refractivity contribution is 7.47. The van der Waals surface area contributed by atoms with Gasteiger partial charge < -0.3 is 33.8 Å². The van der Waals surface area contributed by atoms with Gasteiger partial charge in [0.2, 0.25) is 0 Å². The second-order valence-corrected chi connectivity index (χ2v) is 29.9. The van der Waals surface area contributed by atoms with Crippen LogP contribution < -0.4 is 0 Å². The van der Waals surface area contributed by atoms with Crippen molar-refractivity contribution in [3.05, 3.63) is 0 Å². The lowest BCUT2D eigenvalue weighted by Gasteiger charge is -2.21. The molecule has 19 heteroatoms. The van der Waals surface area contributed by atoms with Gasteiger partial charge in [0.25, 0.3) is 0 Å². The average Bonchev–Trinajstić information content (AvgIpc) is 1.27. The Balaban J connectivity index is 5.10. The van der Waals surface area contributed by atoms with Crippen LogP contribution in [0, 0.1) is 0 Å². The fourth-order valence-electron chi connectivity index (χ4n) is 11.6. The third kappa shape index (κ3) is 68.6. The van der Waals surface area contributed by atoms with E-state index in [1.54, 1.807) is 0 Å². The summed E-state index contributed by atoms with van der Waals surface area (Å²) in [6.45, 7) is 4.88. The molecule has 5 atom stereocenters. The molecule has 0 aliphatic rings. The van der Waals surface area contributed by atoms with Crippen LogP contribution in [-0.4, -0.2) is 96.7 Å². The lowest BCUT2D eigenvalue weighted by molar-refractivity contribution is -0.161. The van der Waals surface area contributed by atoms with E-state index in [1.165, 1.54) is 225 Å². The minimum atomic E-state index is -4.95. The molecule has 94 heavy (non-hydrogen) atoms. The van der Waals surface area contributed by atoms with E-state index in [1.807, 2.05) is 0 Å². The zero-order valence-electron chi connectivity index (χ0n) is 60.9. The third-order valence-electron chi connectivity index (χ3n) is 17.6. The topological polar surface area (TPSA) is 237 Å². The fraction of sp³-hybridized carbons (Fsp3) is 0.947. The lowest BCUT2D eigenvalue weighted by Crippen LogP contribution is -2.30. The molecule has 558 valence electrons. The largest absolute Gasteiger partial charge is 0.472 e. The molecule has 2 unspecified atom stereocenters. The molecule has 3 N–H and O–H groups in total. The van der Waals surface area contributed by atoms with Crippen LogP contribution >= 0.6 is 15.6 Å². The fourth-order valence-corrected chi connectivity index (χ4v) is 13.2. The van der Waals surface area contributed by atoms with E-state index in [2.05, 4.69) is 27.7 Å². The molecule has 0 aliphatic heterocycles. The van der Waals surface area contributed by atoms with Gasteiger partial charge in [0.05, 0.1) is 26.4 Å². The van der Waals surface area contributed by atoms with Gasteiger partial charge in [-0.15, -0.1) is 0 Å². The molecule has 0 amide bonds. The van der Waals surface area contributed by atoms with Crippen molar-refractivity contribution in [1.29, 1.82) is 0 Å². The molecule has 0 aliphatic carbocycles. The van der Waals surface area contributed by atoms with Crippen molar-refractivity contribution in [3.8, 4) is 0 Å². The van der Waals surface area contributed by atoms with Crippen LogP contribution in [0.25, 0.3) is 0 Å². The number of aliphatic hydroxyl groups excluding tert-OH is 1. The van der Waals surface area contributed by atoms with E-state index >= 15 is 0 Å². The van der Waals surface area contributed by atoms with Gasteiger partial charge in [-0.2, -0.15) is 0 Å². The Bertz CT molecular complexity index is 1790. The van der Waals surface area contributed by atoms with E-state index in [-0.39, 0.29) is 25.7 Å². The molecule has 0 aromatic carbocycles. The summed E-state index contributed by atoms with van der Waals surface area (Å²) in [4.78, 5) is 72.4. The van der Waals surface area contributed by atoms with Gasteiger partial charge in [-0.05, 0) is 25.7 Å². The van der Waals surface area contributed by atoms with Gasteiger partial charge in [-0.1, -0.05) is 349 Å².